The molecule has 1 aromatic carbocycles. The Morgan fingerprint density at radius 3 is 2.58 bits per heavy atom. The number of carbonyl (C=O) groups is 1. The number of nitrogens with one attached hydrogen (secondary N) is 1. The van der Waals surface area contributed by atoms with Gasteiger partial charge in [0.25, 0.3) is 5.91 Å². The number of benzene rings is 1. The van der Waals surface area contributed by atoms with Crippen molar-refractivity contribution in [3.63, 3.8) is 0 Å². The zero-order valence-corrected chi connectivity index (χ0v) is 15.3. The maximum Gasteiger partial charge on any atom is 0.271 e. The van der Waals surface area contributed by atoms with Crippen molar-refractivity contribution in [1.82, 2.24) is 14.7 Å². The summed E-state index contributed by atoms with van der Waals surface area (Å²) in [7, 11) is 3.98. The van der Waals surface area contributed by atoms with Gasteiger partial charge in [-0.05, 0) is 42.7 Å². The first-order valence-corrected chi connectivity index (χ1v) is 8.59. The number of anilines is 1. The Hall–Kier alpha value is -2.86. The summed E-state index contributed by atoms with van der Waals surface area (Å²) in [6, 6.07) is 11.5. The number of nitrogens with zero attached hydrogens (tertiary/aromatic N) is 3. The quantitative estimate of drug-likeness (QED) is 0.712. The highest BCUT2D eigenvalue weighted by Gasteiger charge is 2.16. The lowest BCUT2D eigenvalue weighted by molar-refractivity contribution is 0.0912. The number of hydrogen-bond donors (Lipinski definition) is 2. The van der Waals surface area contributed by atoms with Crippen LogP contribution in [0.2, 0.25) is 0 Å². The molecule has 2 N–H and O–H groups in total. The van der Waals surface area contributed by atoms with Crippen LogP contribution >= 0.6 is 0 Å². The largest absolute Gasteiger partial charge is 0.394 e. The molecule has 0 spiro atoms. The first-order chi connectivity index (χ1) is 12.5. The summed E-state index contributed by atoms with van der Waals surface area (Å²) in [6.07, 6.45) is 4.19. The van der Waals surface area contributed by atoms with Crippen molar-refractivity contribution in [1.29, 1.82) is 0 Å². The van der Waals surface area contributed by atoms with E-state index in [2.05, 4.69) is 10.3 Å². The molecule has 26 heavy (non-hydrogen) atoms. The fourth-order valence-corrected chi connectivity index (χ4v) is 2.85. The first kappa shape index (κ1) is 17.9. The molecule has 1 amide bonds. The molecule has 3 aromatic rings. The van der Waals surface area contributed by atoms with E-state index >= 15 is 0 Å². The minimum Gasteiger partial charge on any atom is -0.394 e. The molecule has 136 valence electrons. The van der Waals surface area contributed by atoms with E-state index in [-0.39, 0.29) is 18.6 Å². The lowest BCUT2D eigenvalue weighted by Crippen LogP contribution is -2.39. The van der Waals surface area contributed by atoms with Crippen LogP contribution in [0, 0.1) is 6.92 Å². The second-order valence-corrected chi connectivity index (χ2v) is 6.72. The second-order valence-electron chi connectivity index (χ2n) is 6.72. The van der Waals surface area contributed by atoms with E-state index in [0.717, 1.165) is 22.5 Å². The van der Waals surface area contributed by atoms with Gasteiger partial charge < -0.3 is 19.7 Å². The number of hydrogen-bond acceptors (Lipinski definition) is 4. The highest BCUT2D eigenvalue weighted by molar-refractivity contribution is 5.93. The van der Waals surface area contributed by atoms with E-state index < -0.39 is 0 Å². The number of fused-ring (bicyclic) bond motifs is 1. The van der Waals surface area contributed by atoms with E-state index in [4.69, 9.17) is 0 Å². The summed E-state index contributed by atoms with van der Waals surface area (Å²) in [5, 5.41) is 12.5. The molecule has 0 aliphatic rings. The molecular weight excluding hydrogens is 328 g/mol. The molecule has 3 rings (SSSR count). The highest BCUT2D eigenvalue weighted by atomic mass is 16.3. The number of aryl methyl sites for hydroxylation is 1. The lowest BCUT2D eigenvalue weighted by atomic mass is 10.1. The average molecular weight is 352 g/mol. The number of aliphatic hydroxyl groups excluding tert-OH is 1. The molecule has 0 aliphatic carbocycles. The molecule has 6 nitrogen and oxygen atoms in total. The van der Waals surface area contributed by atoms with E-state index in [0.29, 0.717) is 12.1 Å². The Morgan fingerprint density at radius 1 is 1.19 bits per heavy atom. The SMILES string of the molecule is Cc1ccc2nc(C(=O)NC(CO)Cc3ccc(N(C)C)cc3)cn2c1. The van der Waals surface area contributed by atoms with Crippen LogP contribution in [-0.2, 0) is 6.42 Å². The zero-order chi connectivity index (χ0) is 18.7. The van der Waals surface area contributed by atoms with Gasteiger partial charge in [0, 0.05) is 32.2 Å². The Morgan fingerprint density at radius 2 is 1.92 bits per heavy atom. The number of aliphatic hydroxyl groups is 1. The van der Waals surface area contributed by atoms with Crippen molar-refractivity contribution in [2.24, 2.45) is 0 Å². The highest BCUT2D eigenvalue weighted by Crippen LogP contribution is 2.14. The minimum absolute atomic E-state index is 0.131. The number of amides is 1. The minimum atomic E-state index is -0.362. The van der Waals surface area contributed by atoms with Crippen LogP contribution in [0.25, 0.3) is 5.65 Å². The van der Waals surface area contributed by atoms with Crippen LogP contribution in [0.1, 0.15) is 21.6 Å². The van der Waals surface area contributed by atoms with Crippen LogP contribution in [0.5, 0.6) is 0 Å². The van der Waals surface area contributed by atoms with Crippen LogP contribution in [0.4, 0.5) is 5.69 Å². The van der Waals surface area contributed by atoms with Crippen molar-refractivity contribution in [2.75, 3.05) is 25.6 Å². The summed E-state index contributed by atoms with van der Waals surface area (Å²) in [5.41, 5.74) is 4.33. The maximum atomic E-state index is 12.5. The van der Waals surface area contributed by atoms with Gasteiger partial charge >= 0.3 is 0 Å². The van der Waals surface area contributed by atoms with Crippen molar-refractivity contribution in [2.45, 2.75) is 19.4 Å². The predicted octanol–water partition coefficient (Wildman–Crippen LogP) is 2.04. The van der Waals surface area contributed by atoms with Crippen LogP contribution in [0.3, 0.4) is 0 Å². The topological polar surface area (TPSA) is 69.9 Å². The molecule has 0 saturated heterocycles. The first-order valence-electron chi connectivity index (χ1n) is 8.59. The predicted molar refractivity (Wildman–Crippen MR) is 103 cm³/mol. The molecule has 1 unspecified atom stereocenters. The molecule has 0 radical (unpaired) electrons. The third-order valence-corrected chi connectivity index (χ3v) is 4.32. The third-order valence-electron chi connectivity index (χ3n) is 4.32. The van der Waals surface area contributed by atoms with E-state index in [9.17, 15) is 9.90 Å². The van der Waals surface area contributed by atoms with Gasteiger partial charge in [-0.1, -0.05) is 18.2 Å². The van der Waals surface area contributed by atoms with E-state index in [1.165, 1.54) is 0 Å². The fraction of sp³-hybridized carbons (Fsp3) is 0.300. The molecule has 0 bridgehead atoms. The van der Waals surface area contributed by atoms with Gasteiger partial charge in [0.05, 0.1) is 12.6 Å². The number of carbonyl (C=O) groups excluding carboxylic acids is 1. The van der Waals surface area contributed by atoms with Crippen LogP contribution < -0.4 is 10.2 Å². The van der Waals surface area contributed by atoms with E-state index in [1.807, 2.05) is 72.9 Å². The summed E-state index contributed by atoms with van der Waals surface area (Å²) >= 11 is 0. The van der Waals surface area contributed by atoms with Crippen LogP contribution in [0.15, 0.2) is 48.8 Å². The molecule has 6 heteroatoms. The van der Waals surface area contributed by atoms with Gasteiger partial charge in [0.1, 0.15) is 11.3 Å². The Labute approximate surface area is 153 Å². The molecular formula is C20H24N4O2. The smallest absolute Gasteiger partial charge is 0.271 e. The molecule has 0 saturated carbocycles. The maximum absolute atomic E-state index is 12.5. The normalized spacial score (nSPS) is 12.2. The number of rotatable bonds is 6. The third kappa shape index (κ3) is 4.03. The van der Waals surface area contributed by atoms with Gasteiger partial charge in [-0.3, -0.25) is 4.79 Å². The monoisotopic (exact) mass is 352 g/mol. The molecule has 2 heterocycles. The summed E-state index contributed by atoms with van der Waals surface area (Å²) in [4.78, 5) is 18.9. The van der Waals surface area contributed by atoms with E-state index in [1.54, 1.807) is 6.20 Å². The van der Waals surface area contributed by atoms with Crippen LogP contribution in [-0.4, -0.2) is 47.1 Å². The summed E-state index contributed by atoms with van der Waals surface area (Å²) in [6.45, 7) is 1.86. The van der Waals surface area contributed by atoms with Crippen molar-refractivity contribution in [3.05, 3.63) is 65.6 Å². The summed E-state index contributed by atoms with van der Waals surface area (Å²) in [5.74, 6) is -0.282. The average Bonchev–Trinajstić information content (AvgIpc) is 3.04. The van der Waals surface area contributed by atoms with Gasteiger partial charge in [0.15, 0.2) is 0 Å². The van der Waals surface area contributed by atoms with Crippen molar-refractivity contribution in [3.8, 4) is 0 Å². The molecule has 0 fully saturated rings. The second kappa shape index (κ2) is 7.58. The fourth-order valence-electron chi connectivity index (χ4n) is 2.85. The summed E-state index contributed by atoms with van der Waals surface area (Å²) < 4.78 is 1.83. The molecule has 0 aliphatic heterocycles. The molecule has 2 aromatic heterocycles. The Bertz CT molecular complexity index is 900. The Balaban J connectivity index is 1.69. The van der Waals surface area contributed by atoms with Gasteiger partial charge in [0.2, 0.25) is 0 Å². The molecule has 1 atom stereocenters. The van der Waals surface area contributed by atoms with Gasteiger partial charge in [-0.15, -0.1) is 0 Å². The zero-order valence-electron chi connectivity index (χ0n) is 15.3. The Kier molecular flexibility index (Phi) is 5.23. The van der Waals surface area contributed by atoms with Gasteiger partial charge in [-0.25, -0.2) is 4.98 Å². The standard InChI is InChI=1S/C20H24N4O2/c1-14-4-9-19-22-18(12-24(19)11-14)20(26)21-16(13-25)10-15-5-7-17(8-6-15)23(2)3/h4-9,11-12,16,25H,10,13H2,1-3H3,(H,21,26). The number of aromatic nitrogens is 2. The lowest BCUT2D eigenvalue weighted by Gasteiger charge is -2.17. The number of imidazole rings is 1. The van der Waals surface area contributed by atoms with Crippen molar-refractivity contribution >= 4 is 17.2 Å². The van der Waals surface area contributed by atoms with Crippen molar-refractivity contribution < 1.29 is 9.90 Å². The number of pyridine rings is 1. The van der Waals surface area contributed by atoms with Gasteiger partial charge in [-0.2, -0.15) is 0 Å².